The SMILES string of the molecule is C[C@@H]1CC[C@@]2(OC1)O[C@@H]1C[C@@H]3[C@H]4CC[C@@H]5C[C@@H](O)[C@@H](O)C[C@]5(C)[C@@H]4[C@H](O[C@@H]4OC[C@H](O)[C@H](O)[C@H]4O)C[C@]3(C)[C@H]1[C@@H]2C. The standard InChI is InChI=1S/C32H52O9/c1-15-7-8-32(39-13-15)16(2)25-23(41-32)10-19-18-6-5-17-9-20(33)21(34)11-30(17,3)26(18)24(12-31(19,25)4)40-29-28(37)27(36)22(35)14-38-29/h15-29,33-37H,5-14H2,1-4H3/t15-,16+,17-,18-,19-,20-,21+,22+,23-,24-,25+,26+,27+,28-,29+,30+,31+,32-/m1/s1. The van der Waals surface area contributed by atoms with Gasteiger partial charge in [0.05, 0.1) is 37.6 Å². The van der Waals surface area contributed by atoms with Crippen LogP contribution in [0.4, 0.5) is 0 Å². The van der Waals surface area contributed by atoms with Crippen LogP contribution in [0, 0.1) is 52.3 Å². The van der Waals surface area contributed by atoms with Crippen molar-refractivity contribution in [2.45, 2.75) is 134 Å². The lowest BCUT2D eigenvalue weighted by molar-refractivity contribution is -0.312. The van der Waals surface area contributed by atoms with Crippen LogP contribution in [0.15, 0.2) is 0 Å². The Bertz CT molecular complexity index is 986. The molecule has 7 aliphatic rings. The average molecular weight is 581 g/mol. The number of aliphatic hydroxyl groups excluding tert-OH is 5. The second-order valence-electron chi connectivity index (χ2n) is 15.8. The molecule has 3 saturated heterocycles. The van der Waals surface area contributed by atoms with Gasteiger partial charge >= 0.3 is 0 Å². The fraction of sp³-hybridized carbons (Fsp3) is 1.00. The van der Waals surface area contributed by atoms with Gasteiger partial charge in [0.1, 0.15) is 18.3 Å². The summed E-state index contributed by atoms with van der Waals surface area (Å²) in [6, 6.07) is 0. The monoisotopic (exact) mass is 580 g/mol. The third-order valence-electron chi connectivity index (χ3n) is 13.6. The number of hydrogen-bond acceptors (Lipinski definition) is 9. The molecule has 0 radical (unpaired) electrons. The molecule has 0 unspecified atom stereocenters. The quantitative estimate of drug-likeness (QED) is 0.333. The lowest BCUT2D eigenvalue weighted by Crippen LogP contribution is -2.63. The first kappa shape index (κ1) is 29.4. The van der Waals surface area contributed by atoms with Crippen molar-refractivity contribution in [3.63, 3.8) is 0 Å². The summed E-state index contributed by atoms with van der Waals surface area (Å²) in [5.74, 6) is 1.78. The summed E-state index contributed by atoms with van der Waals surface area (Å²) in [5.41, 5.74) is -0.307. The zero-order valence-corrected chi connectivity index (χ0v) is 25.1. The molecule has 9 heteroatoms. The number of rotatable bonds is 2. The third-order valence-corrected chi connectivity index (χ3v) is 13.6. The molecule has 0 amide bonds. The highest BCUT2D eigenvalue weighted by Gasteiger charge is 2.71. The first-order valence-electron chi connectivity index (χ1n) is 16.4. The highest BCUT2D eigenvalue weighted by Crippen LogP contribution is 2.71. The number of hydrogen-bond donors (Lipinski definition) is 5. The smallest absolute Gasteiger partial charge is 0.186 e. The molecule has 0 bridgehead atoms. The van der Waals surface area contributed by atoms with Gasteiger partial charge in [-0.1, -0.05) is 27.7 Å². The molecule has 7 rings (SSSR count). The summed E-state index contributed by atoms with van der Waals surface area (Å²) >= 11 is 0. The highest BCUT2D eigenvalue weighted by atomic mass is 16.7. The average Bonchev–Trinajstić information content (AvgIpc) is 3.36. The Kier molecular flexibility index (Phi) is 7.21. The van der Waals surface area contributed by atoms with E-state index in [4.69, 9.17) is 18.9 Å². The second kappa shape index (κ2) is 10.1. The van der Waals surface area contributed by atoms with Gasteiger partial charge in [-0.2, -0.15) is 0 Å². The van der Waals surface area contributed by atoms with Crippen molar-refractivity contribution in [1.29, 1.82) is 0 Å². The van der Waals surface area contributed by atoms with Crippen molar-refractivity contribution < 1.29 is 44.5 Å². The third kappa shape index (κ3) is 4.27. The minimum absolute atomic E-state index is 0.0699. The summed E-state index contributed by atoms with van der Waals surface area (Å²) in [6.07, 6.45) is 0.498. The van der Waals surface area contributed by atoms with Gasteiger partial charge in [0.25, 0.3) is 0 Å². The molecule has 4 aliphatic carbocycles. The molecule has 3 heterocycles. The largest absolute Gasteiger partial charge is 0.390 e. The Labute approximate surface area is 243 Å². The molecule has 0 aromatic heterocycles. The van der Waals surface area contributed by atoms with Crippen LogP contribution in [0.3, 0.4) is 0 Å². The van der Waals surface area contributed by atoms with E-state index in [9.17, 15) is 25.5 Å². The summed E-state index contributed by atoms with van der Waals surface area (Å²) in [5, 5.41) is 52.9. The molecule has 4 saturated carbocycles. The minimum atomic E-state index is -1.35. The van der Waals surface area contributed by atoms with Crippen molar-refractivity contribution in [2.75, 3.05) is 13.2 Å². The van der Waals surface area contributed by atoms with E-state index in [1.165, 1.54) is 0 Å². The number of aliphatic hydroxyl groups is 5. The molecule has 7 fully saturated rings. The maximum atomic E-state index is 10.9. The summed E-state index contributed by atoms with van der Waals surface area (Å²) in [4.78, 5) is 0. The predicted molar refractivity (Wildman–Crippen MR) is 147 cm³/mol. The van der Waals surface area contributed by atoms with Crippen LogP contribution in [-0.2, 0) is 18.9 Å². The summed E-state index contributed by atoms with van der Waals surface area (Å²) in [7, 11) is 0. The van der Waals surface area contributed by atoms with Crippen molar-refractivity contribution >= 4 is 0 Å². The van der Waals surface area contributed by atoms with Crippen molar-refractivity contribution in [3.05, 3.63) is 0 Å². The molecule has 3 aliphatic heterocycles. The predicted octanol–water partition coefficient (Wildman–Crippen LogP) is 2.20. The maximum absolute atomic E-state index is 10.9. The van der Waals surface area contributed by atoms with Crippen LogP contribution in [0.5, 0.6) is 0 Å². The van der Waals surface area contributed by atoms with Crippen LogP contribution in [0.2, 0.25) is 0 Å². The zero-order chi connectivity index (χ0) is 29.1. The molecule has 0 aromatic rings. The minimum Gasteiger partial charge on any atom is -0.390 e. The molecule has 0 aromatic carbocycles. The van der Waals surface area contributed by atoms with E-state index in [-0.39, 0.29) is 47.4 Å². The Hall–Kier alpha value is -0.360. The van der Waals surface area contributed by atoms with Gasteiger partial charge in [-0.15, -0.1) is 0 Å². The van der Waals surface area contributed by atoms with Crippen LogP contribution < -0.4 is 0 Å². The van der Waals surface area contributed by atoms with E-state index in [0.29, 0.717) is 36.5 Å². The number of ether oxygens (including phenoxy) is 4. The van der Waals surface area contributed by atoms with Crippen LogP contribution in [0.1, 0.15) is 79.1 Å². The van der Waals surface area contributed by atoms with Gasteiger partial charge in [-0.3, -0.25) is 0 Å². The lowest BCUT2D eigenvalue weighted by atomic mass is 9.43. The summed E-state index contributed by atoms with van der Waals surface area (Å²) in [6.45, 7) is 9.90. The van der Waals surface area contributed by atoms with Crippen LogP contribution >= 0.6 is 0 Å². The van der Waals surface area contributed by atoms with E-state index in [1.54, 1.807) is 0 Å². The van der Waals surface area contributed by atoms with Crippen molar-refractivity contribution in [2.24, 2.45) is 52.3 Å². The van der Waals surface area contributed by atoms with Gasteiger partial charge in [0.15, 0.2) is 12.1 Å². The molecular weight excluding hydrogens is 528 g/mol. The van der Waals surface area contributed by atoms with E-state index in [0.717, 1.165) is 45.1 Å². The lowest BCUT2D eigenvalue weighted by Gasteiger charge is -2.64. The van der Waals surface area contributed by atoms with E-state index >= 15 is 0 Å². The van der Waals surface area contributed by atoms with Crippen LogP contribution in [-0.4, -0.2) is 93.6 Å². The Balaban J connectivity index is 1.23. The number of fused-ring (bicyclic) bond motifs is 7. The van der Waals surface area contributed by atoms with Crippen molar-refractivity contribution in [3.8, 4) is 0 Å². The molecule has 234 valence electrons. The molecule has 41 heavy (non-hydrogen) atoms. The normalized spacial score (nSPS) is 62.1. The molecule has 18 atom stereocenters. The van der Waals surface area contributed by atoms with Crippen LogP contribution in [0.25, 0.3) is 0 Å². The Morgan fingerprint density at radius 1 is 0.780 bits per heavy atom. The Morgan fingerprint density at radius 2 is 1.56 bits per heavy atom. The maximum Gasteiger partial charge on any atom is 0.186 e. The molecular formula is C32H52O9. The highest BCUT2D eigenvalue weighted by molar-refractivity contribution is 5.18. The van der Waals surface area contributed by atoms with E-state index in [2.05, 4.69) is 27.7 Å². The molecule has 9 nitrogen and oxygen atoms in total. The van der Waals surface area contributed by atoms with Gasteiger partial charge in [0, 0.05) is 12.3 Å². The summed E-state index contributed by atoms with van der Waals surface area (Å²) < 4.78 is 26.0. The zero-order valence-electron chi connectivity index (χ0n) is 25.1. The topological polar surface area (TPSA) is 138 Å². The van der Waals surface area contributed by atoms with E-state index in [1.807, 2.05) is 0 Å². The van der Waals surface area contributed by atoms with Gasteiger partial charge in [-0.05, 0) is 91.3 Å². The second-order valence-corrected chi connectivity index (χ2v) is 15.8. The fourth-order valence-electron chi connectivity index (χ4n) is 11.6. The van der Waals surface area contributed by atoms with E-state index < -0.39 is 42.6 Å². The fourth-order valence-corrected chi connectivity index (χ4v) is 11.6. The Morgan fingerprint density at radius 3 is 2.29 bits per heavy atom. The van der Waals surface area contributed by atoms with Crippen molar-refractivity contribution in [1.82, 2.24) is 0 Å². The first-order chi connectivity index (χ1) is 19.4. The first-order valence-corrected chi connectivity index (χ1v) is 16.4. The van der Waals surface area contributed by atoms with Gasteiger partial charge in [0.2, 0.25) is 0 Å². The molecule has 5 N–H and O–H groups in total. The van der Waals surface area contributed by atoms with Gasteiger partial charge < -0.3 is 44.5 Å². The molecule has 1 spiro atoms. The van der Waals surface area contributed by atoms with Gasteiger partial charge in [-0.25, -0.2) is 0 Å².